The first-order chi connectivity index (χ1) is 10.9. The van der Waals surface area contributed by atoms with Crippen molar-refractivity contribution in [3.05, 3.63) is 0 Å². The number of nitrogens with zero attached hydrogens (tertiary/aromatic N) is 2. The second-order valence-corrected chi connectivity index (χ2v) is 7.08. The van der Waals surface area contributed by atoms with Gasteiger partial charge in [0.05, 0.1) is 6.54 Å². The summed E-state index contributed by atoms with van der Waals surface area (Å²) < 4.78 is 37.2. The Morgan fingerprint density at radius 1 is 1.04 bits per heavy atom. The Morgan fingerprint density at radius 2 is 1.65 bits per heavy atom. The van der Waals surface area contributed by atoms with Crippen LogP contribution < -0.4 is 0 Å². The van der Waals surface area contributed by atoms with E-state index in [1.54, 1.807) is 4.90 Å². The van der Waals surface area contributed by atoms with Crippen LogP contribution in [0.15, 0.2) is 0 Å². The Hall–Kier alpha value is -0.780. The lowest BCUT2D eigenvalue weighted by atomic mass is 9.79. The van der Waals surface area contributed by atoms with Gasteiger partial charge < -0.3 is 4.90 Å². The number of carbonyl (C=O) groups excluding carboxylic acids is 1. The molecule has 134 valence electrons. The lowest BCUT2D eigenvalue weighted by Gasteiger charge is -2.38. The van der Waals surface area contributed by atoms with E-state index in [4.69, 9.17) is 0 Å². The van der Waals surface area contributed by atoms with Crippen LogP contribution in [0.25, 0.3) is 0 Å². The normalized spacial score (nSPS) is 27.2. The molecule has 2 fully saturated rings. The zero-order chi connectivity index (χ0) is 16.9. The van der Waals surface area contributed by atoms with Crippen LogP contribution in [0.5, 0.6) is 0 Å². The highest BCUT2D eigenvalue weighted by Crippen LogP contribution is 2.33. The molecule has 0 aromatic carbocycles. The van der Waals surface area contributed by atoms with Crippen molar-refractivity contribution in [2.45, 2.75) is 58.0 Å². The Labute approximate surface area is 137 Å². The second kappa shape index (κ2) is 8.36. The van der Waals surface area contributed by atoms with Gasteiger partial charge in [-0.1, -0.05) is 26.2 Å². The van der Waals surface area contributed by atoms with Gasteiger partial charge in [-0.3, -0.25) is 9.69 Å². The average Bonchev–Trinajstić information content (AvgIpc) is 2.52. The first kappa shape index (κ1) is 18.6. The van der Waals surface area contributed by atoms with E-state index in [1.165, 1.54) is 24.2 Å². The number of unbranched alkanes of at least 4 members (excludes halogenated alkanes) is 1. The van der Waals surface area contributed by atoms with Crippen molar-refractivity contribution in [2.75, 3.05) is 32.7 Å². The van der Waals surface area contributed by atoms with E-state index in [0.29, 0.717) is 26.2 Å². The Bertz CT molecular complexity index is 371. The minimum Gasteiger partial charge on any atom is -0.340 e. The molecule has 0 unspecified atom stereocenters. The van der Waals surface area contributed by atoms with Crippen molar-refractivity contribution in [3.8, 4) is 0 Å². The molecule has 2 aliphatic rings. The number of alkyl halides is 3. The van der Waals surface area contributed by atoms with Crippen LogP contribution in [0.4, 0.5) is 13.2 Å². The molecule has 0 spiro atoms. The summed E-state index contributed by atoms with van der Waals surface area (Å²) in [5.74, 6) is 1.04. The van der Waals surface area contributed by atoms with Crippen molar-refractivity contribution >= 4 is 5.91 Å². The molecule has 0 aromatic heterocycles. The molecule has 0 N–H and O–H groups in total. The maximum absolute atomic E-state index is 12.6. The van der Waals surface area contributed by atoms with Crippen LogP contribution in [0, 0.1) is 11.8 Å². The molecular weight excluding hydrogens is 305 g/mol. The van der Waals surface area contributed by atoms with Crippen molar-refractivity contribution in [1.29, 1.82) is 0 Å². The SMILES string of the molecule is CCCCC1CCC(C(=O)N2CCN(CC(F)(F)F)CC2)CC1. The number of carbonyl (C=O) groups is 1. The number of hydrogen-bond acceptors (Lipinski definition) is 2. The van der Waals surface area contributed by atoms with Gasteiger partial charge in [-0.2, -0.15) is 13.2 Å². The number of halogens is 3. The van der Waals surface area contributed by atoms with Gasteiger partial charge in [-0.15, -0.1) is 0 Å². The van der Waals surface area contributed by atoms with Crippen LogP contribution in [0.1, 0.15) is 51.9 Å². The fraction of sp³-hybridized carbons (Fsp3) is 0.941. The quantitative estimate of drug-likeness (QED) is 0.765. The fourth-order valence-electron chi connectivity index (χ4n) is 3.83. The minimum absolute atomic E-state index is 0.0991. The topological polar surface area (TPSA) is 23.6 Å². The zero-order valence-electron chi connectivity index (χ0n) is 14.1. The van der Waals surface area contributed by atoms with E-state index in [9.17, 15) is 18.0 Å². The molecule has 1 amide bonds. The third-order valence-corrected chi connectivity index (χ3v) is 5.25. The average molecular weight is 334 g/mol. The lowest BCUT2D eigenvalue weighted by molar-refractivity contribution is -0.153. The lowest BCUT2D eigenvalue weighted by Crippen LogP contribution is -2.52. The van der Waals surface area contributed by atoms with Crippen LogP contribution in [-0.4, -0.2) is 54.6 Å². The van der Waals surface area contributed by atoms with Gasteiger partial charge in [0.2, 0.25) is 5.91 Å². The van der Waals surface area contributed by atoms with E-state index in [-0.39, 0.29) is 11.8 Å². The Morgan fingerprint density at radius 3 is 2.17 bits per heavy atom. The van der Waals surface area contributed by atoms with Gasteiger partial charge in [-0.25, -0.2) is 0 Å². The highest BCUT2D eigenvalue weighted by molar-refractivity contribution is 5.79. The molecule has 0 radical (unpaired) electrons. The van der Waals surface area contributed by atoms with Crippen LogP contribution in [0.3, 0.4) is 0 Å². The van der Waals surface area contributed by atoms with Crippen molar-refractivity contribution < 1.29 is 18.0 Å². The molecule has 6 heteroatoms. The predicted molar refractivity (Wildman–Crippen MR) is 84.0 cm³/mol. The highest BCUT2D eigenvalue weighted by Gasteiger charge is 2.34. The molecule has 3 nitrogen and oxygen atoms in total. The van der Waals surface area contributed by atoms with Crippen molar-refractivity contribution in [3.63, 3.8) is 0 Å². The van der Waals surface area contributed by atoms with Gasteiger partial charge >= 0.3 is 6.18 Å². The minimum atomic E-state index is -4.15. The molecule has 0 bridgehead atoms. The maximum atomic E-state index is 12.6. The molecular formula is C17H29F3N2O. The third-order valence-electron chi connectivity index (χ3n) is 5.25. The number of amides is 1. The number of rotatable bonds is 5. The Balaban J connectivity index is 1.71. The summed E-state index contributed by atoms with van der Waals surface area (Å²) in [6.45, 7) is 2.87. The standard InChI is InChI=1S/C17H29F3N2O/c1-2-3-4-14-5-7-15(8-6-14)16(23)22-11-9-21(10-12-22)13-17(18,19)20/h14-15H,2-13H2,1H3. The molecule has 1 heterocycles. The molecule has 1 aliphatic carbocycles. The molecule has 1 saturated carbocycles. The summed E-state index contributed by atoms with van der Waals surface area (Å²) in [6, 6.07) is 0. The highest BCUT2D eigenvalue weighted by atomic mass is 19.4. The molecule has 0 aromatic rings. The molecule has 1 saturated heterocycles. The van der Waals surface area contributed by atoms with E-state index in [2.05, 4.69) is 6.92 Å². The zero-order valence-corrected chi connectivity index (χ0v) is 14.1. The van der Waals surface area contributed by atoms with Gasteiger partial charge in [-0.05, 0) is 31.6 Å². The summed E-state index contributed by atoms with van der Waals surface area (Å²) in [7, 11) is 0. The largest absolute Gasteiger partial charge is 0.401 e. The van der Waals surface area contributed by atoms with Crippen molar-refractivity contribution in [1.82, 2.24) is 9.80 Å². The molecule has 2 rings (SSSR count). The van der Waals surface area contributed by atoms with Gasteiger partial charge in [0.15, 0.2) is 0 Å². The van der Waals surface area contributed by atoms with Gasteiger partial charge in [0, 0.05) is 32.1 Å². The van der Waals surface area contributed by atoms with E-state index < -0.39 is 12.7 Å². The summed E-state index contributed by atoms with van der Waals surface area (Å²) in [4.78, 5) is 15.7. The van der Waals surface area contributed by atoms with Crippen LogP contribution in [0.2, 0.25) is 0 Å². The number of hydrogen-bond donors (Lipinski definition) is 0. The molecule has 0 atom stereocenters. The second-order valence-electron chi connectivity index (χ2n) is 7.08. The smallest absolute Gasteiger partial charge is 0.340 e. The molecule has 23 heavy (non-hydrogen) atoms. The summed E-state index contributed by atoms with van der Waals surface area (Å²) in [5.41, 5.74) is 0. The summed E-state index contributed by atoms with van der Waals surface area (Å²) in [6.07, 6.45) is 3.78. The maximum Gasteiger partial charge on any atom is 0.401 e. The van der Waals surface area contributed by atoms with Crippen LogP contribution in [-0.2, 0) is 4.79 Å². The number of piperazine rings is 1. The summed E-state index contributed by atoms with van der Waals surface area (Å²) >= 11 is 0. The van der Waals surface area contributed by atoms with Gasteiger partial charge in [0.1, 0.15) is 0 Å². The summed E-state index contributed by atoms with van der Waals surface area (Å²) in [5, 5.41) is 0. The monoisotopic (exact) mass is 334 g/mol. The van der Waals surface area contributed by atoms with E-state index in [0.717, 1.165) is 31.6 Å². The predicted octanol–water partition coefficient (Wildman–Crippen LogP) is 3.69. The first-order valence-corrected chi connectivity index (χ1v) is 8.97. The van der Waals surface area contributed by atoms with Crippen molar-refractivity contribution in [2.24, 2.45) is 11.8 Å². The van der Waals surface area contributed by atoms with Crippen LogP contribution >= 0.6 is 0 Å². The third kappa shape index (κ3) is 5.98. The first-order valence-electron chi connectivity index (χ1n) is 8.97. The molecule has 1 aliphatic heterocycles. The van der Waals surface area contributed by atoms with Gasteiger partial charge in [0.25, 0.3) is 0 Å². The Kier molecular flexibility index (Phi) is 6.74. The van der Waals surface area contributed by atoms with E-state index in [1.807, 2.05) is 0 Å². The fourth-order valence-corrected chi connectivity index (χ4v) is 3.83. The van der Waals surface area contributed by atoms with E-state index >= 15 is 0 Å².